The summed E-state index contributed by atoms with van der Waals surface area (Å²) in [5.41, 5.74) is -0.127. The summed E-state index contributed by atoms with van der Waals surface area (Å²) in [5, 5.41) is 16.5. The zero-order valence-electron chi connectivity index (χ0n) is 13.1. The fourth-order valence-corrected chi connectivity index (χ4v) is 3.31. The average Bonchev–Trinajstić information content (AvgIpc) is 2.51. The third kappa shape index (κ3) is 5.31. The van der Waals surface area contributed by atoms with Gasteiger partial charge in [0.2, 0.25) is 21.8 Å². The second-order valence-electron chi connectivity index (χ2n) is 4.98. The van der Waals surface area contributed by atoms with Gasteiger partial charge in [0.1, 0.15) is 0 Å². The number of nitrogens with one attached hydrogen (secondary N) is 2. The second-order valence-corrected chi connectivity index (χ2v) is 7.73. The van der Waals surface area contributed by atoms with Gasteiger partial charge < -0.3 is 15.4 Å². The van der Waals surface area contributed by atoms with Crippen LogP contribution in [-0.4, -0.2) is 34.6 Å². The maximum absolute atomic E-state index is 12.3. The summed E-state index contributed by atoms with van der Waals surface area (Å²) in [5.74, 6) is -0.790. The van der Waals surface area contributed by atoms with Crippen molar-refractivity contribution in [2.75, 3.05) is 5.32 Å². The molecule has 11 heteroatoms. The molecule has 0 bridgehead atoms. The van der Waals surface area contributed by atoms with Gasteiger partial charge in [0.15, 0.2) is 5.16 Å². The molecule has 0 spiro atoms. The van der Waals surface area contributed by atoms with E-state index in [4.69, 9.17) is 5.14 Å². The number of amides is 1. The number of benzene rings is 1. The number of nitrogens with two attached hydrogens (primary N) is 1. The van der Waals surface area contributed by atoms with Crippen molar-refractivity contribution in [2.45, 2.75) is 28.6 Å². The predicted molar refractivity (Wildman–Crippen MR) is 92.9 cm³/mol. The molecular weight excluding hydrogens is 368 g/mol. The lowest BCUT2D eigenvalue weighted by Gasteiger charge is -2.14. The first-order valence-electron chi connectivity index (χ1n) is 7.09. The molecule has 134 valence electrons. The van der Waals surface area contributed by atoms with E-state index in [1.54, 1.807) is 6.92 Å². The van der Waals surface area contributed by atoms with Gasteiger partial charge in [0, 0.05) is 5.69 Å². The Hall–Kier alpha value is -2.37. The van der Waals surface area contributed by atoms with Crippen LogP contribution in [0.4, 0.5) is 5.69 Å². The highest BCUT2D eigenvalue weighted by molar-refractivity contribution is 8.00. The topological polar surface area (TPSA) is 155 Å². The number of carbonyl (C=O) groups excluding carboxylic acids is 1. The molecule has 5 N–H and O–H groups in total. The maximum atomic E-state index is 12.3. The second kappa shape index (κ2) is 7.68. The molecule has 2 aromatic rings. The van der Waals surface area contributed by atoms with Gasteiger partial charge in [-0.25, -0.2) is 13.6 Å². The number of aromatic nitrogens is 2. The van der Waals surface area contributed by atoms with Gasteiger partial charge in [-0.2, -0.15) is 4.98 Å². The number of rotatable bonds is 6. The van der Waals surface area contributed by atoms with Crippen LogP contribution in [0.3, 0.4) is 0 Å². The van der Waals surface area contributed by atoms with Crippen LogP contribution in [0.5, 0.6) is 5.88 Å². The lowest BCUT2D eigenvalue weighted by Crippen LogP contribution is -2.25. The molecule has 0 aliphatic rings. The SMILES string of the molecule is CCC(Sc1nc(O)cc(=O)[nH]1)C(=O)Nc1ccc(S(N)(=O)=O)cc1. The largest absolute Gasteiger partial charge is 0.493 e. The molecule has 25 heavy (non-hydrogen) atoms. The molecule has 1 atom stereocenters. The van der Waals surface area contributed by atoms with Crippen molar-refractivity contribution in [3.8, 4) is 5.88 Å². The van der Waals surface area contributed by atoms with Crippen molar-refractivity contribution in [3.63, 3.8) is 0 Å². The van der Waals surface area contributed by atoms with Crippen LogP contribution in [0.1, 0.15) is 13.3 Å². The lowest BCUT2D eigenvalue weighted by atomic mass is 10.3. The number of aromatic hydroxyl groups is 1. The molecule has 1 unspecified atom stereocenters. The summed E-state index contributed by atoms with van der Waals surface area (Å²) < 4.78 is 22.4. The van der Waals surface area contributed by atoms with Gasteiger partial charge in [0.25, 0.3) is 5.56 Å². The Labute approximate surface area is 147 Å². The van der Waals surface area contributed by atoms with E-state index >= 15 is 0 Å². The number of sulfonamides is 1. The van der Waals surface area contributed by atoms with Crippen LogP contribution in [0, 0.1) is 0 Å². The molecule has 2 rings (SSSR count). The van der Waals surface area contributed by atoms with Gasteiger partial charge in [-0.3, -0.25) is 9.59 Å². The monoisotopic (exact) mass is 384 g/mol. The van der Waals surface area contributed by atoms with Crippen LogP contribution in [0.25, 0.3) is 0 Å². The van der Waals surface area contributed by atoms with Crippen molar-refractivity contribution in [1.29, 1.82) is 0 Å². The summed E-state index contributed by atoms with van der Waals surface area (Å²) in [6.45, 7) is 1.78. The fraction of sp³-hybridized carbons (Fsp3) is 0.214. The Morgan fingerprint density at radius 2 is 2.04 bits per heavy atom. The Balaban J connectivity index is 2.10. The average molecular weight is 384 g/mol. The molecule has 0 radical (unpaired) electrons. The van der Waals surface area contributed by atoms with E-state index in [0.717, 1.165) is 17.8 Å². The van der Waals surface area contributed by atoms with Crippen molar-refractivity contribution in [3.05, 3.63) is 40.7 Å². The molecule has 1 aromatic carbocycles. The molecule has 0 aliphatic carbocycles. The van der Waals surface area contributed by atoms with E-state index in [0.29, 0.717) is 12.1 Å². The fourth-order valence-electron chi connectivity index (χ4n) is 1.89. The number of nitrogens with zero attached hydrogens (tertiary/aromatic N) is 1. The predicted octanol–water partition coefficient (Wildman–Crippen LogP) is 0.632. The van der Waals surface area contributed by atoms with E-state index in [1.165, 1.54) is 24.3 Å². The normalized spacial score (nSPS) is 12.6. The number of hydrogen-bond donors (Lipinski definition) is 4. The third-order valence-corrected chi connectivity index (χ3v) is 5.25. The first-order chi connectivity index (χ1) is 11.7. The zero-order valence-corrected chi connectivity index (χ0v) is 14.7. The molecule has 9 nitrogen and oxygen atoms in total. The highest BCUT2D eigenvalue weighted by atomic mass is 32.2. The molecule has 0 fully saturated rings. The smallest absolute Gasteiger partial charge is 0.255 e. The Morgan fingerprint density at radius 1 is 1.40 bits per heavy atom. The lowest BCUT2D eigenvalue weighted by molar-refractivity contribution is -0.115. The number of thioether (sulfide) groups is 1. The highest BCUT2D eigenvalue weighted by Gasteiger charge is 2.20. The maximum Gasteiger partial charge on any atom is 0.255 e. The number of aromatic amines is 1. The number of carbonyl (C=O) groups is 1. The first kappa shape index (κ1) is 19.0. The van der Waals surface area contributed by atoms with Crippen molar-refractivity contribution in [2.24, 2.45) is 5.14 Å². The minimum atomic E-state index is -3.80. The van der Waals surface area contributed by atoms with E-state index in [-0.39, 0.29) is 16.0 Å². The summed E-state index contributed by atoms with van der Waals surface area (Å²) in [7, 11) is -3.80. The molecule has 0 aliphatic heterocycles. The Kier molecular flexibility index (Phi) is 5.82. The highest BCUT2D eigenvalue weighted by Crippen LogP contribution is 2.24. The van der Waals surface area contributed by atoms with Crippen LogP contribution < -0.4 is 16.0 Å². The van der Waals surface area contributed by atoms with Gasteiger partial charge in [-0.05, 0) is 30.7 Å². The minimum absolute atomic E-state index is 0.0616. The minimum Gasteiger partial charge on any atom is -0.493 e. The number of anilines is 1. The van der Waals surface area contributed by atoms with Gasteiger partial charge >= 0.3 is 0 Å². The summed E-state index contributed by atoms with van der Waals surface area (Å²) >= 11 is 0.997. The summed E-state index contributed by atoms with van der Waals surface area (Å²) in [6, 6.07) is 6.34. The summed E-state index contributed by atoms with van der Waals surface area (Å²) in [4.78, 5) is 29.8. The zero-order chi connectivity index (χ0) is 18.6. The molecule has 1 aromatic heterocycles. The number of primary sulfonamides is 1. The van der Waals surface area contributed by atoms with Crippen molar-refractivity contribution < 1.29 is 18.3 Å². The standard InChI is InChI=1S/C14H16N4O5S2/c1-2-10(24-14-17-11(19)7-12(20)18-14)13(21)16-8-3-5-9(6-4-8)25(15,22)23/h3-7,10H,2H2,1H3,(H,16,21)(H2,15,22,23)(H2,17,18,19,20). The Bertz CT molecular complexity index is 925. The van der Waals surface area contributed by atoms with Crippen LogP contribution >= 0.6 is 11.8 Å². The third-order valence-electron chi connectivity index (χ3n) is 3.07. The van der Waals surface area contributed by atoms with Crippen LogP contribution in [-0.2, 0) is 14.8 Å². The first-order valence-corrected chi connectivity index (χ1v) is 9.52. The Morgan fingerprint density at radius 3 is 2.56 bits per heavy atom. The van der Waals surface area contributed by atoms with E-state index in [2.05, 4.69) is 15.3 Å². The molecule has 1 amide bonds. The van der Waals surface area contributed by atoms with Crippen molar-refractivity contribution in [1.82, 2.24) is 9.97 Å². The van der Waals surface area contributed by atoms with Crippen LogP contribution in [0.2, 0.25) is 0 Å². The van der Waals surface area contributed by atoms with E-state index in [1.807, 2.05) is 0 Å². The molecular formula is C14H16N4O5S2. The van der Waals surface area contributed by atoms with E-state index in [9.17, 15) is 23.1 Å². The molecule has 0 saturated heterocycles. The number of hydrogen-bond acceptors (Lipinski definition) is 7. The van der Waals surface area contributed by atoms with Crippen LogP contribution in [0.15, 0.2) is 45.2 Å². The number of H-pyrrole nitrogens is 1. The molecule has 0 saturated carbocycles. The summed E-state index contributed by atoms with van der Waals surface area (Å²) in [6.07, 6.45) is 0.436. The van der Waals surface area contributed by atoms with Crippen molar-refractivity contribution >= 4 is 33.4 Å². The van der Waals surface area contributed by atoms with Gasteiger partial charge in [0.05, 0.1) is 16.2 Å². The molecule has 1 heterocycles. The van der Waals surface area contributed by atoms with Gasteiger partial charge in [-0.1, -0.05) is 18.7 Å². The van der Waals surface area contributed by atoms with Gasteiger partial charge in [-0.15, -0.1) is 0 Å². The quantitative estimate of drug-likeness (QED) is 0.420. The van der Waals surface area contributed by atoms with E-state index < -0.39 is 26.7 Å².